The van der Waals surface area contributed by atoms with Crippen LogP contribution in [0, 0.1) is 13.8 Å². The number of benzene rings is 1. The molecule has 1 atom stereocenters. The Morgan fingerprint density at radius 1 is 1.19 bits per heavy atom. The van der Waals surface area contributed by atoms with E-state index < -0.39 is 0 Å². The molecule has 4 rings (SSSR count). The fraction of sp³-hybridized carbons (Fsp3) is 0.480. The molecule has 0 radical (unpaired) electrons. The number of hydrogen-bond acceptors (Lipinski definition) is 6. The van der Waals surface area contributed by atoms with Gasteiger partial charge in [0.1, 0.15) is 0 Å². The van der Waals surface area contributed by atoms with Crippen LogP contribution in [0.25, 0.3) is 0 Å². The van der Waals surface area contributed by atoms with Crippen molar-refractivity contribution < 1.29 is 14.3 Å². The number of aliphatic imine (C=N–C) groups is 1. The number of rotatable bonds is 5. The van der Waals surface area contributed by atoms with Crippen LogP contribution in [0.15, 0.2) is 45.6 Å². The number of amidine groups is 1. The normalized spacial score (nSPS) is 20.7. The predicted octanol–water partition coefficient (Wildman–Crippen LogP) is 4.84. The maximum atomic E-state index is 13.1. The van der Waals surface area contributed by atoms with Crippen molar-refractivity contribution in [3.63, 3.8) is 0 Å². The van der Waals surface area contributed by atoms with Gasteiger partial charge in [-0.05, 0) is 56.1 Å². The van der Waals surface area contributed by atoms with E-state index >= 15 is 0 Å². The molecule has 0 saturated carbocycles. The summed E-state index contributed by atoms with van der Waals surface area (Å²) < 4.78 is 5.20. The van der Waals surface area contributed by atoms with E-state index in [-0.39, 0.29) is 17.9 Å². The predicted molar refractivity (Wildman–Crippen MR) is 128 cm³/mol. The number of piperidine rings is 1. The van der Waals surface area contributed by atoms with E-state index in [1.165, 1.54) is 30.9 Å². The van der Waals surface area contributed by atoms with Gasteiger partial charge < -0.3 is 14.5 Å². The van der Waals surface area contributed by atoms with Crippen LogP contribution in [0.4, 0.5) is 0 Å². The van der Waals surface area contributed by atoms with Gasteiger partial charge in [0, 0.05) is 18.8 Å². The van der Waals surface area contributed by atoms with Crippen molar-refractivity contribution in [2.24, 2.45) is 4.99 Å². The van der Waals surface area contributed by atoms with Crippen LogP contribution in [-0.4, -0.2) is 47.0 Å². The number of esters is 1. The highest BCUT2D eigenvalue weighted by molar-refractivity contribution is 8.16. The monoisotopic (exact) mass is 453 g/mol. The molecule has 0 unspecified atom stereocenters. The zero-order chi connectivity index (χ0) is 22.8. The Hall–Kier alpha value is -2.54. The molecule has 0 aliphatic carbocycles. The summed E-state index contributed by atoms with van der Waals surface area (Å²) in [4.78, 5) is 34.9. The first-order valence-electron chi connectivity index (χ1n) is 11.3. The lowest BCUT2D eigenvalue weighted by Crippen LogP contribution is -2.40. The van der Waals surface area contributed by atoms with E-state index in [0.717, 1.165) is 53.6 Å². The standard InChI is InChI=1S/C25H31N3O3S/c1-5-20-22(24(30)31-4)23(19-10-9-16(2)13-17(19)3)28-18(15-32-25(28)26-20)14-21(29)27-11-7-6-8-12-27/h9-10,13,15,23H,5-8,11-12,14H2,1-4H3/t23-/m1/s1. The molecule has 0 aromatic heterocycles. The van der Waals surface area contributed by atoms with Gasteiger partial charge in [-0.3, -0.25) is 4.79 Å². The van der Waals surface area contributed by atoms with E-state index in [1.807, 2.05) is 17.2 Å². The third-order valence-electron chi connectivity index (χ3n) is 6.39. The van der Waals surface area contributed by atoms with E-state index in [9.17, 15) is 9.59 Å². The van der Waals surface area contributed by atoms with Crippen LogP contribution in [0.1, 0.15) is 61.8 Å². The average Bonchev–Trinajstić information content (AvgIpc) is 3.20. The molecule has 3 aliphatic rings. The van der Waals surface area contributed by atoms with Crippen molar-refractivity contribution in [3.05, 3.63) is 57.3 Å². The smallest absolute Gasteiger partial charge is 0.338 e. The number of amides is 1. The number of nitrogens with zero attached hydrogens (tertiary/aromatic N) is 3. The fourth-order valence-electron chi connectivity index (χ4n) is 4.75. The Labute approximate surface area is 194 Å². The topological polar surface area (TPSA) is 62.2 Å². The number of aryl methyl sites for hydroxylation is 2. The number of ether oxygens (including phenoxy) is 1. The van der Waals surface area contributed by atoms with Crippen LogP contribution in [0.3, 0.4) is 0 Å². The zero-order valence-corrected chi connectivity index (χ0v) is 20.1. The molecular weight excluding hydrogens is 422 g/mol. The van der Waals surface area contributed by atoms with E-state index in [0.29, 0.717) is 18.4 Å². The number of allylic oxidation sites excluding steroid dienone is 1. The van der Waals surface area contributed by atoms with Crippen molar-refractivity contribution in [2.75, 3.05) is 20.2 Å². The van der Waals surface area contributed by atoms with Gasteiger partial charge in [-0.2, -0.15) is 0 Å². The molecule has 0 N–H and O–H groups in total. The van der Waals surface area contributed by atoms with E-state index in [1.54, 1.807) is 0 Å². The minimum atomic E-state index is -0.367. The third-order valence-corrected chi connectivity index (χ3v) is 7.28. The summed E-state index contributed by atoms with van der Waals surface area (Å²) in [5.74, 6) is -0.227. The van der Waals surface area contributed by atoms with Crippen LogP contribution in [-0.2, 0) is 14.3 Å². The molecule has 32 heavy (non-hydrogen) atoms. The molecule has 6 nitrogen and oxygen atoms in total. The number of carbonyl (C=O) groups excluding carboxylic acids is 2. The second-order valence-electron chi connectivity index (χ2n) is 8.58. The highest BCUT2D eigenvalue weighted by atomic mass is 32.2. The first kappa shape index (κ1) is 22.6. The largest absolute Gasteiger partial charge is 0.466 e. The SMILES string of the molecule is CCC1=C(C(=O)OC)[C@@H](c2ccc(C)cc2C)N2C(CC(=O)N3CCCCC3)=CSC2=N1. The third kappa shape index (κ3) is 4.22. The quantitative estimate of drug-likeness (QED) is 0.597. The Balaban J connectivity index is 1.75. The summed E-state index contributed by atoms with van der Waals surface area (Å²) in [6, 6.07) is 5.93. The van der Waals surface area contributed by atoms with Crippen LogP contribution in [0.2, 0.25) is 0 Å². The molecule has 0 spiro atoms. The van der Waals surface area contributed by atoms with Gasteiger partial charge in [0.2, 0.25) is 5.91 Å². The van der Waals surface area contributed by atoms with E-state index in [2.05, 4.69) is 36.9 Å². The summed E-state index contributed by atoms with van der Waals surface area (Å²) in [5.41, 5.74) is 5.51. The average molecular weight is 454 g/mol. The van der Waals surface area contributed by atoms with Crippen molar-refractivity contribution in [3.8, 4) is 0 Å². The maximum absolute atomic E-state index is 13.1. The van der Waals surface area contributed by atoms with Gasteiger partial charge in [-0.1, -0.05) is 42.4 Å². The highest BCUT2D eigenvalue weighted by Crippen LogP contribution is 2.46. The molecule has 1 saturated heterocycles. The van der Waals surface area contributed by atoms with E-state index in [4.69, 9.17) is 9.73 Å². The number of fused-ring (bicyclic) bond motifs is 1. The van der Waals surface area contributed by atoms with Crippen molar-refractivity contribution in [2.45, 2.75) is 58.9 Å². The minimum Gasteiger partial charge on any atom is -0.466 e. The molecule has 1 fully saturated rings. The number of hydrogen-bond donors (Lipinski definition) is 0. The number of methoxy groups -OCH3 is 1. The lowest BCUT2D eigenvalue weighted by molar-refractivity contribution is -0.136. The van der Waals surface area contributed by atoms with Gasteiger partial charge in [-0.15, -0.1) is 0 Å². The molecule has 1 amide bonds. The number of thioether (sulfide) groups is 1. The van der Waals surface area contributed by atoms with Gasteiger partial charge in [0.25, 0.3) is 0 Å². The summed E-state index contributed by atoms with van der Waals surface area (Å²) in [6.07, 6.45) is 4.26. The van der Waals surface area contributed by atoms with Gasteiger partial charge in [-0.25, -0.2) is 9.79 Å². The Morgan fingerprint density at radius 3 is 2.59 bits per heavy atom. The summed E-state index contributed by atoms with van der Waals surface area (Å²) in [7, 11) is 1.41. The Kier molecular flexibility index (Phi) is 6.74. The van der Waals surface area contributed by atoms with Gasteiger partial charge >= 0.3 is 5.97 Å². The van der Waals surface area contributed by atoms with Gasteiger partial charge in [0.15, 0.2) is 5.17 Å². The van der Waals surface area contributed by atoms with Gasteiger partial charge in [0.05, 0.1) is 30.8 Å². The summed E-state index contributed by atoms with van der Waals surface area (Å²) in [6.45, 7) is 7.79. The Morgan fingerprint density at radius 2 is 1.94 bits per heavy atom. The molecule has 7 heteroatoms. The first-order valence-corrected chi connectivity index (χ1v) is 12.2. The molecule has 1 aromatic carbocycles. The lowest BCUT2D eigenvalue weighted by Gasteiger charge is -2.37. The lowest BCUT2D eigenvalue weighted by atomic mass is 9.89. The van der Waals surface area contributed by atoms with Crippen LogP contribution in [0.5, 0.6) is 0 Å². The number of carbonyl (C=O) groups is 2. The zero-order valence-electron chi connectivity index (χ0n) is 19.3. The molecule has 3 aliphatic heterocycles. The van der Waals surface area contributed by atoms with Crippen molar-refractivity contribution in [1.82, 2.24) is 9.80 Å². The second kappa shape index (κ2) is 9.53. The summed E-state index contributed by atoms with van der Waals surface area (Å²) in [5, 5.41) is 2.84. The Bertz CT molecular complexity index is 1020. The molecule has 0 bridgehead atoms. The molecule has 3 heterocycles. The van der Waals surface area contributed by atoms with Crippen molar-refractivity contribution in [1.29, 1.82) is 0 Å². The van der Waals surface area contributed by atoms with Crippen molar-refractivity contribution >= 4 is 28.8 Å². The highest BCUT2D eigenvalue weighted by Gasteiger charge is 2.42. The fourth-order valence-corrected chi connectivity index (χ4v) is 5.69. The van der Waals surface area contributed by atoms with Crippen LogP contribution < -0.4 is 0 Å². The minimum absolute atomic E-state index is 0.141. The summed E-state index contributed by atoms with van der Waals surface area (Å²) >= 11 is 1.53. The molecule has 170 valence electrons. The second-order valence-corrected chi connectivity index (χ2v) is 9.41. The molecule has 1 aromatic rings. The first-order chi connectivity index (χ1) is 15.4. The number of likely N-dealkylation sites (tertiary alicyclic amines) is 1. The molecular formula is C25H31N3O3S. The maximum Gasteiger partial charge on any atom is 0.338 e. The van der Waals surface area contributed by atoms with Crippen LogP contribution >= 0.6 is 11.8 Å².